The second-order valence-corrected chi connectivity index (χ2v) is 12.0. The van der Waals surface area contributed by atoms with Crippen LogP contribution in [-0.4, -0.2) is 66.8 Å². The molecular weight excluding hydrogens is 558 g/mol. The Labute approximate surface area is 244 Å². The highest BCUT2D eigenvalue weighted by molar-refractivity contribution is 7.90. The van der Waals surface area contributed by atoms with E-state index >= 15 is 0 Å². The number of pyridine rings is 1. The molecule has 0 saturated heterocycles. The molecule has 12 nitrogen and oxygen atoms in total. The molecule has 0 radical (unpaired) electrons. The maximum atomic E-state index is 12.5. The van der Waals surface area contributed by atoms with Crippen LogP contribution in [0.5, 0.6) is 11.5 Å². The standard InChI is InChI=1S/C29H33N7O5S/c1-19-14-21(6-9-26(19)41-23-7-4-20(2)32-16-23)36-29-24-15-22(5-8-25(24)33-18-34-29)35-27(37)10-11-31-28(38)17-30-12-13-42(3,39)40/h4-9,14-16,18,30H,10-13,17H2,1-3H3,(H,31,38)(H,35,37)(H,33,34,36). The lowest BCUT2D eigenvalue weighted by Crippen LogP contribution is -2.37. The largest absolute Gasteiger partial charge is 0.455 e. The van der Waals surface area contributed by atoms with Gasteiger partial charge in [-0.1, -0.05) is 0 Å². The first kappa shape index (κ1) is 30.3. The minimum atomic E-state index is -3.09. The highest BCUT2D eigenvalue weighted by Crippen LogP contribution is 2.30. The van der Waals surface area contributed by atoms with Crippen LogP contribution in [-0.2, 0) is 19.4 Å². The number of fused-ring (bicyclic) bond motifs is 1. The molecule has 0 atom stereocenters. The van der Waals surface area contributed by atoms with Crippen molar-refractivity contribution in [1.29, 1.82) is 0 Å². The van der Waals surface area contributed by atoms with Crippen LogP contribution in [0.15, 0.2) is 61.1 Å². The zero-order valence-electron chi connectivity index (χ0n) is 23.6. The molecule has 4 rings (SSSR count). The lowest BCUT2D eigenvalue weighted by atomic mass is 10.1. The number of carbonyl (C=O) groups excluding carboxylic acids is 2. The Bertz CT molecular complexity index is 1680. The molecule has 42 heavy (non-hydrogen) atoms. The predicted molar refractivity (Wildman–Crippen MR) is 162 cm³/mol. The maximum Gasteiger partial charge on any atom is 0.233 e. The molecule has 0 spiro atoms. The van der Waals surface area contributed by atoms with Gasteiger partial charge in [-0.3, -0.25) is 14.6 Å². The maximum absolute atomic E-state index is 12.5. The van der Waals surface area contributed by atoms with Crippen molar-refractivity contribution in [2.75, 3.05) is 42.3 Å². The van der Waals surface area contributed by atoms with Crippen LogP contribution in [0.25, 0.3) is 10.9 Å². The molecule has 2 amide bonds. The van der Waals surface area contributed by atoms with Crippen LogP contribution in [0.2, 0.25) is 0 Å². The number of sulfone groups is 1. The molecule has 0 fully saturated rings. The van der Waals surface area contributed by atoms with Crippen LogP contribution in [0, 0.1) is 13.8 Å². The van der Waals surface area contributed by atoms with Crippen molar-refractivity contribution < 1.29 is 22.7 Å². The predicted octanol–water partition coefficient (Wildman–Crippen LogP) is 3.26. The van der Waals surface area contributed by atoms with E-state index in [2.05, 4.69) is 36.2 Å². The van der Waals surface area contributed by atoms with Gasteiger partial charge in [-0.05, 0) is 67.9 Å². The first-order chi connectivity index (χ1) is 20.1. The van der Waals surface area contributed by atoms with Gasteiger partial charge in [0.05, 0.1) is 24.0 Å². The number of hydrogen-bond donors (Lipinski definition) is 4. The van der Waals surface area contributed by atoms with E-state index in [-0.39, 0.29) is 43.6 Å². The van der Waals surface area contributed by atoms with Gasteiger partial charge >= 0.3 is 0 Å². The molecule has 0 aliphatic carbocycles. The van der Waals surface area contributed by atoms with Crippen LogP contribution in [0.3, 0.4) is 0 Å². The van der Waals surface area contributed by atoms with Gasteiger partial charge in [0.2, 0.25) is 11.8 Å². The van der Waals surface area contributed by atoms with Crippen molar-refractivity contribution in [3.05, 3.63) is 72.3 Å². The highest BCUT2D eigenvalue weighted by atomic mass is 32.2. The van der Waals surface area contributed by atoms with Crippen molar-refractivity contribution in [2.45, 2.75) is 20.3 Å². The number of benzene rings is 2. The van der Waals surface area contributed by atoms with Crippen molar-refractivity contribution >= 4 is 49.7 Å². The van der Waals surface area contributed by atoms with Crippen LogP contribution in [0.4, 0.5) is 17.2 Å². The Morgan fingerprint density at radius 3 is 2.45 bits per heavy atom. The average Bonchev–Trinajstić information content (AvgIpc) is 2.93. The summed E-state index contributed by atoms with van der Waals surface area (Å²) in [6.45, 7) is 4.16. The number of amides is 2. The summed E-state index contributed by atoms with van der Waals surface area (Å²) in [5, 5.41) is 12.3. The number of hydrogen-bond acceptors (Lipinski definition) is 10. The fourth-order valence-corrected chi connectivity index (χ4v) is 4.43. The monoisotopic (exact) mass is 591 g/mol. The molecule has 4 N–H and O–H groups in total. The lowest BCUT2D eigenvalue weighted by Gasteiger charge is -2.13. The van der Waals surface area contributed by atoms with Gasteiger partial charge in [-0.25, -0.2) is 18.4 Å². The Kier molecular flexibility index (Phi) is 9.99. The van der Waals surface area contributed by atoms with E-state index in [0.29, 0.717) is 33.9 Å². The number of anilines is 3. The van der Waals surface area contributed by atoms with E-state index in [1.807, 2.05) is 44.2 Å². The van der Waals surface area contributed by atoms with Crippen LogP contribution < -0.4 is 26.0 Å². The normalized spacial score (nSPS) is 11.2. The zero-order valence-corrected chi connectivity index (χ0v) is 24.4. The molecule has 0 aliphatic rings. The van der Waals surface area contributed by atoms with Crippen LogP contribution >= 0.6 is 0 Å². The number of rotatable bonds is 13. The molecule has 0 bridgehead atoms. The topological polar surface area (TPSA) is 164 Å². The Hall–Kier alpha value is -4.62. The Balaban J connectivity index is 1.33. The van der Waals surface area contributed by atoms with Gasteiger partial charge in [0.15, 0.2) is 0 Å². The molecule has 4 aromatic rings. The summed E-state index contributed by atoms with van der Waals surface area (Å²) >= 11 is 0. The smallest absolute Gasteiger partial charge is 0.233 e. The second kappa shape index (κ2) is 13.8. The second-order valence-electron chi connectivity index (χ2n) is 9.75. The van der Waals surface area contributed by atoms with Crippen molar-refractivity contribution in [3.63, 3.8) is 0 Å². The molecule has 2 aromatic heterocycles. The summed E-state index contributed by atoms with van der Waals surface area (Å²) < 4.78 is 28.2. The van der Waals surface area contributed by atoms with Gasteiger partial charge in [0.1, 0.15) is 33.5 Å². The van der Waals surface area contributed by atoms with E-state index in [4.69, 9.17) is 4.74 Å². The van der Waals surface area contributed by atoms with E-state index in [1.165, 1.54) is 6.33 Å². The summed E-state index contributed by atoms with van der Waals surface area (Å²) in [5.41, 5.74) is 3.90. The summed E-state index contributed by atoms with van der Waals surface area (Å²) in [5.74, 6) is 1.29. The summed E-state index contributed by atoms with van der Waals surface area (Å²) in [4.78, 5) is 37.4. The van der Waals surface area contributed by atoms with Gasteiger partial charge in [0, 0.05) is 48.2 Å². The molecular formula is C29H33N7O5S. The fourth-order valence-electron chi connectivity index (χ4n) is 3.91. The minimum absolute atomic E-state index is 0.0307. The minimum Gasteiger partial charge on any atom is -0.455 e. The van der Waals surface area contributed by atoms with Gasteiger partial charge in [-0.2, -0.15) is 0 Å². The number of ether oxygens (including phenoxy) is 1. The fraction of sp³-hybridized carbons (Fsp3) is 0.276. The number of aryl methyl sites for hydroxylation is 2. The third-order valence-electron chi connectivity index (χ3n) is 6.08. The lowest BCUT2D eigenvalue weighted by molar-refractivity contribution is -0.120. The molecule has 13 heteroatoms. The Morgan fingerprint density at radius 1 is 0.905 bits per heavy atom. The molecule has 0 unspecified atom stereocenters. The molecule has 220 valence electrons. The van der Waals surface area contributed by atoms with E-state index < -0.39 is 9.84 Å². The number of nitrogens with zero attached hydrogens (tertiary/aromatic N) is 3. The number of nitrogens with one attached hydrogen (secondary N) is 4. The van der Waals surface area contributed by atoms with Crippen molar-refractivity contribution in [1.82, 2.24) is 25.6 Å². The third kappa shape index (κ3) is 9.21. The molecule has 2 heterocycles. The summed E-state index contributed by atoms with van der Waals surface area (Å²) in [7, 11) is -3.09. The zero-order chi connectivity index (χ0) is 30.1. The van der Waals surface area contributed by atoms with Crippen molar-refractivity contribution in [2.24, 2.45) is 0 Å². The van der Waals surface area contributed by atoms with E-state index in [1.54, 1.807) is 24.4 Å². The Morgan fingerprint density at radius 2 is 1.71 bits per heavy atom. The third-order valence-corrected chi connectivity index (χ3v) is 7.02. The summed E-state index contributed by atoms with van der Waals surface area (Å²) in [6.07, 6.45) is 4.35. The van der Waals surface area contributed by atoms with Gasteiger partial charge in [0.25, 0.3) is 0 Å². The first-order valence-corrected chi connectivity index (χ1v) is 15.3. The number of aromatic nitrogens is 3. The van der Waals surface area contributed by atoms with E-state index in [0.717, 1.165) is 23.2 Å². The molecule has 0 saturated carbocycles. The first-order valence-electron chi connectivity index (χ1n) is 13.2. The molecule has 2 aromatic carbocycles. The van der Waals surface area contributed by atoms with Crippen molar-refractivity contribution in [3.8, 4) is 11.5 Å². The van der Waals surface area contributed by atoms with Gasteiger partial charge in [-0.15, -0.1) is 0 Å². The average molecular weight is 592 g/mol. The van der Waals surface area contributed by atoms with Gasteiger partial charge < -0.3 is 26.0 Å². The SMILES string of the molecule is Cc1ccc(Oc2ccc(Nc3ncnc4ccc(NC(=O)CCNC(=O)CNCCS(C)(=O)=O)cc34)cc2C)cn1. The highest BCUT2D eigenvalue weighted by Gasteiger charge is 2.10. The molecule has 0 aliphatic heterocycles. The number of carbonyl (C=O) groups is 2. The van der Waals surface area contributed by atoms with E-state index in [9.17, 15) is 18.0 Å². The quantitative estimate of drug-likeness (QED) is 0.170. The van der Waals surface area contributed by atoms with Crippen LogP contribution in [0.1, 0.15) is 17.7 Å². The summed E-state index contributed by atoms with van der Waals surface area (Å²) in [6, 6.07) is 14.8.